The van der Waals surface area contributed by atoms with Crippen LogP contribution in [-0.4, -0.2) is 12.1 Å². The molecule has 1 fully saturated rings. The lowest BCUT2D eigenvalue weighted by Gasteiger charge is -2.05. The van der Waals surface area contributed by atoms with E-state index in [1.54, 1.807) is 0 Å². The molecule has 0 N–H and O–H groups in total. The molecule has 1 aromatic carbocycles. The quantitative estimate of drug-likeness (QED) is 0.726. The Labute approximate surface area is 96.6 Å². The van der Waals surface area contributed by atoms with Crippen molar-refractivity contribution in [2.75, 3.05) is 0 Å². The highest BCUT2D eigenvalue weighted by Gasteiger charge is 2.33. The summed E-state index contributed by atoms with van der Waals surface area (Å²) in [5.74, 6) is 0.0567. The van der Waals surface area contributed by atoms with Crippen LogP contribution in [0.4, 0.5) is 0 Å². The zero-order valence-corrected chi connectivity index (χ0v) is 9.69. The molecular formula is C14H18O2. The molecule has 2 unspecified atom stereocenters. The highest BCUT2D eigenvalue weighted by atomic mass is 16.5. The van der Waals surface area contributed by atoms with E-state index in [2.05, 4.69) is 19.1 Å². The van der Waals surface area contributed by atoms with E-state index >= 15 is 0 Å². The van der Waals surface area contributed by atoms with Gasteiger partial charge in [0.25, 0.3) is 0 Å². The first-order valence-corrected chi connectivity index (χ1v) is 6.04. The molecule has 2 rings (SSSR count). The summed E-state index contributed by atoms with van der Waals surface area (Å²) in [6, 6.07) is 10.2. The first-order chi connectivity index (χ1) is 7.79. The van der Waals surface area contributed by atoms with Crippen LogP contribution >= 0.6 is 0 Å². The molecule has 1 aromatic rings. The Morgan fingerprint density at radius 2 is 2.06 bits per heavy atom. The molecule has 1 saturated heterocycles. The van der Waals surface area contributed by atoms with Gasteiger partial charge in [-0.1, -0.05) is 43.7 Å². The van der Waals surface area contributed by atoms with Gasteiger partial charge in [-0.3, -0.25) is 4.79 Å². The Balaban J connectivity index is 1.94. The molecule has 0 aromatic heterocycles. The van der Waals surface area contributed by atoms with Crippen LogP contribution in [0.25, 0.3) is 0 Å². The van der Waals surface area contributed by atoms with Crippen LogP contribution in [0.2, 0.25) is 0 Å². The minimum atomic E-state index is -0.0118. The Bertz CT molecular complexity index is 345. The predicted octanol–water partition coefficient (Wildman–Crippen LogP) is 2.96. The highest BCUT2D eigenvalue weighted by Crippen LogP contribution is 2.27. The van der Waals surface area contributed by atoms with Crippen molar-refractivity contribution in [3.05, 3.63) is 35.9 Å². The number of hydrogen-bond donors (Lipinski definition) is 0. The zero-order valence-electron chi connectivity index (χ0n) is 9.69. The number of ether oxygens (including phenoxy) is 1. The maximum absolute atomic E-state index is 11.6. The Morgan fingerprint density at radius 1 is 1.31 bits per heavy atom. The number of rotatable bonds is 4. The van der Waals surface area contributed by atoms with Crippen molar-refractivity contribution in [3.63, 3.8) is 0 Å². The van der Waals surface area contributed by atoms with Gasteiger partial charge >= 0.3 is 5.97 Å². The van der Waals surface area contributed by atoms with Crippen molar-refractivity contribution in [3.8, 4) is 0 Å². The second kappa shape index (κ2) is 5.15. The lowest BCUT2D eigenvalue weighted by atomic mass is 9.95. The standard InChI is InChI=1S/C14H18O2/c1-2-6-13-10-12(14(15)16-13)9-11-7-4-3-5-8-11/h3-5,7-8,12-13H,2,6,9-10H2,1H3. The molecule has 0 radical (unpaired) electrons. The van der Waals surface area contributed by atoms with E-state index in [1.807, 2.05) is 18.2 Å². The summed E-state index contributed by atoms with van der Waals surface area (Å²) in [5, 5.41) is 0. The van der Waals surface area contributed by atoms with Crippen LogP contribution in [0, 0.1) is 5.92 Å². The molecule has 2 atom stereocenters. The lowest BCUT2D eigenvalue weighted by Crippen LogP contribution is -2.10. The summed E-state index contributed by atoms with van der Waals surface area (Å²) < 4.78 is 5.35. The average Bonchev–Trinajstić information content (AvgIpc) is 2.61. The fourth-order valence-corrected chi connectivity index (χ4v) is 2.29. The van der Waals surface area contributed by atoms with Crippen molar-refractivity contribution in [2.24, 2.45) is 5.92 Å². The minimum absolute atomic E-state index is 0.0118. The number of cyclic esters (lactones) is 1. The van der Waals surface area contributed by atoms with Crippen molar-refractivity contribution >= 4 is 5.97 Å². The third-order valence-electron chi connectivity index (χ3n) is 3.10. The second-order valence-electron chi connectivity index (χ2n) is 4.47. The van der Waals surface area contributed by atoms with Crippen molar-refractivity contribution in [2.45, 2.75) is 38.7 Å². The number of carbonyl (C=O) groups is 1. The molecule has 0 aliphatic carbocycles. The van der Waals surface area contributed by atoms with Crippen LogP contribution in [0.15, 0.2) is 30.3 Å². The predicted molar refractivity (Wildman–Crippen MR) is 63.0 cm³/mol. The molecule has 2 nitrogen and oxygen atoms in total. The summed E-state index contributed by atoms with van der Waals surface area (Å²) in [6.45, 7) is 2.12. The molecule has 86 valence electrons. The van der Waals surface area contributed by atoms with Crippen molar-refractivity contribution in [1.29, 1.82) is 0 Å². The SMILES string of the molecule is CCCC1CC(Cc2ccccc2)C(=O)O1. The summed E-state index contributed by atoms with van der Waals surface area (Å²) in [6.07, 6.45) is 3.94. The van der Waals surface area contributed by atoms with E-state index < -0.39 is 0 Å². The lowest BCUT2D eigenvalue weighted by molar-refractivity contribution is -0.144. The zero-order chi connectivity index (χ0) is 11.4. The average molecular weight is 218 g/mol. The highest BCUT2D eigenvalue weighted by molar-refractivity contribution is 5.75. The molecule has 1 aliphatic rings. The summed E-state index contributed by atoms with van der Waals surface area (Å²) >= 11 is 0. The van der Waals surface area contributed by atoms with E-state index in [0.29, 0.717) is 0 Å². The van der Waals surface area contributed by atoms with E-state index in [0.717, 1.165) is 25.7 Å². The molecule has 1 aliphatic heterocycles. The monoisotopic (exact) mass is 218 g/mol. The first-order valence-electron chi connectivity index (χ1n) is 6.04. The van der Waals surface area contributed by atoms with Crippen LogP contribution in [0.1, 0.15) is 31.7 Å². The maximum atomic E-state index is 11.6. The molecular weight excluding hydrogens is 200 g/mol. The maximum Gasteiger partial charge on any atom is 0.309 e. The second-order valence-corrected chi connectivity index (χ2v) is 4.47. The fourth-order valence-electron chi connectivity index (χ4n) is 2.29. The normalized spacial score (nSPS) is 24.4. The van der Waals surface area contributed by atoms with Gasteiger partial charge in [-0.25, -0.2) is 0 Å². The van der Waals surface area contributed by atoms with Gasteiger partial charge in [0.15, 0.2) is 0 Å². The van der Waals surface area contributed by atoms with Gasteiger partial charge in [-0.2, -0.15) is 0 Å². The number of carbonyl (C=O) groups excluding carboxylic acids is 1. The van der Waals surface area contributed by atoms with Gasteiger partial charge in [0, 0.05) is 0 Å². The van der Waals surface area contributed by atoms with Gasteiger partial charge in [-0.05, 0) is 24.8 Å². The van der Waals surface area contributed by atoms with E-state index in [-0.39, 0.29) is 18.0 Å². The molecule has 2 heteroatoms. The van der Waals surface area contributed by atoms with E-state index in [9.17, 15) is 4.79 Å². The minimum Gasteiger partial charge on any atom is -0.462 e. The van der Waals surface area contributed by atoms with Crippen LogP contribution < -0.4 is 0 Å². The molecule has 0 bridgehead atoms. The Kier molecular flexibility index (Phi) is 3.60. The number of hydrogen-bond acceptors (Lipinski definition) is 2. The third kappa shape index (κ3) is 2.63. The van der Waals surface area contributed by atoms with Crippen LogP contribution in [0.3, 0.4) is 0 Å². The Hall–Kier alpha value is -1.31. The van der Waals surface area contributed by atoms with Gasteiger partial charge in [0.2, 0.25) is 0 Å². The summed E-state index contributed by atoms with van der Waals surface area (Å²) in [5.41, 5.74) is 1.22. The fraction of sp³-hybridized carbons (Fsp3) is 0.500. The third-order valence-corrected chi connectivity index (χ3v) is 3.10. The molecule has 0 spiro atoms. The molecule has 16 heavy (non-hydrogen) atoms. The number of esters is 1. The smallest absolute Gasteiger partial charge is 0.309 e. The molecule has 0 saturated carbocycles. The van der Waals surface area contributed by atoms with Gasteiger partial charge in [-0.15, -0.1) is 0 Å². The summed E-state index contributed by atoms with van der Waals surface area (Å²) in [4.78, 5) is 11.6. The Morgan fingerprint density at radius 3 is 2.75 bits per heavy atom. The van der Waals surface area contributed by atoms with Gasteiger partial charge < -0.3 is 4.74 Å². The largest absolute Gasteiger partial charge is 0.462 e. The molecule has 1 heterocycles. The van der Waals surface area contributed by atoms with E-state index in [4.69, 9.17) is 4.74 Å². The van der Waals surface area contributed by atoms with Gasteiger partial charge in [0.1, 0.15) is 6.10 Å². The first kappa shape index (κ1) is 11.2. The van der Waals surface area contributed by atoms with Crippen molar-refractivity contribution < 1.29 is 9.53 Å². The van der Waals surface area contributed by atoms with Crippen LogP contribution in [-0.2, 0) is 16.0 Å². The molecule has 0 amide bonds. The van der Waals surface area contributed by atoms with Gasteiger partial charge in [0.05, 0.1) is 5.92 Å². The van der Waals surface area contributed by atoms with E-state index in [1.165, 1.54) is 5.56 Å². The summed E-state index contributed by atoms with van der Waals surface area (Å²) in [7, 11) is 0. The topological polar surface area (TPSA) is 26.3 Å². The number of benzene rings is 1. The van der Waals surface area contributed by atoms with Crippen molar-refractivity contribution in [1.82, 2.24) is 0 Å². The van der Waals surface area contributed by atoms with Crippen LogP contribution in [0.5, 0.6) is 0 Å².